The summed E-state index contributed by atoms with van der Waals surface area (Å²) in [6, 6.07) is 4.17. The van der Waals surface area contributed by atoms with Crippen LogP contribution in [0.3, 0.4) is 0 Å². The molecular formula is C32H43NO7S. The van der Waals surface area contributed by atoms with Gasteiger partial charge in [-0.15, -0.1) is 0 Å². The van der Waals surface area contributed by atoms with Crippen molar-refractivity contribution in [2.45, 2.75) is 113 Å². The maximum absolute atomic E-state index is 14.4. The summed E-state index contributed by atoms with van der Waals surface area (Å²) in [5, 5.41) is -0.0629. The summed E-state index contributed by atoms with van der Waals surface area (Å²) >= 11 is 1.25. The van der Waals surface area contributed by atoms with Crippen molar-refractivity contribution in [3.8, 4) is 11.5 Å². The summed E-state index contributed by atoms with van der Waals surface area (Å²) in [4.78, 5) is 30.3. The molecule has 0 amide bonds. The minimum atomic E-state index is -1.34. The maximum Gasteiger partial charge on any atom is 0.339 e. The number of thioether (sulfide) groups is 1. The van der Waals surface area contributed by atoms with Crippen LogP contribution in [0.5, 0.6) is 11.5 Å². The monoisotopic (exact) mass is 585 g/mol. The Bertz CT molecular complexity index is 1270. The average molecular weight is 586 g/mol. The van der Waals surface area contributed by atoms with Crippen molar-refractivity contribution in [2.24, 2.45) is 0 Å². The number of methoxy groups -OCH3 is 1. The highest BCUT2D eigenvalue weighted by Gasteiger charge is 2.60. The standard InChI is InChI=1S/C32H43NO7S/c1-29(2,3)41-25(34)18-32(12-7-10-30(4,5)40-32)28(35)39-27-24(36-6)17-31-11-8-13-33(31)14-9-20-15-22-23(38-19-37-22)16-21(20)26(27)31/h15-17,26-27H,7-14,18-19H2,1-6H3/t26-,27?,31?,32-/m1/s1. The van der Waals surface area contributed by atoms with Gasteiger partial charge >= 0.3 is 5.97 Å². The molecule has 6 rings (SSSR count). The van der Waals surface area contributed by atoms with Crippen LogP contribution in [0, 0.1) is 0 Å². The number of carbonyl (C=O) groups excluding carboxylic acids is 2. The van der Waals surface area contributed by atoms with Crippen LogP contribution in [-0.4, -0.2) is 70.6 Å². The fourth-order valence-corrected chi connectivity index (χ4v) is 8.69. The predicted octanol–water partition coefficient (Wildman–Crippen LogP) is 5.51. The first kappa shape index (κ1) is 28.9. The Labute approximate surface area is 247 Å². The molecular weight excluding hydrogens is 542 g/mol. The van der Waals surface area contributed by atoms with Gasteiger partial charge in [0.1, 0.15) is 5.76 Å². The van der Waals surface area contributed by atoms with Gasteiger partial charge in [0, 0.05) is 11.3 Å². The van der Waals surface area contributed by atoms with E-state index in [-0.39, 0.29) is 34.5 Å². The Morgan fingerprint density at radius 2 is 1.83 bits per heavy atom. The number of ether oxygens (including phenoxy) is 5. The Morgan fingerprint density at radius 1 is 1.07 bits per heavy atom. The lowest BCUT2D eigenvalue weighted by atomic mass is 9.77. The fraction of sp³-hybridized carbons (Fsp3) is 0.688. The number of fused-ring (bicyclic) bond motifs is 3. The molecule has 2 saturated heterocycles. The molecule has 1 spiro atoms. The molecule has 8 nitrogen and oxygen atoms in total. The Kier molecular flexibility index (Phi) is 7.18. The molecule has 5 aliphatic rings. The van der Waals surface area contributed by atoms with Gasteiger partial charge in [-0.2, -0.15) is 0 Å². The van der Waals surface area contributed by atoms with Crippen LogP contribution in [0.4, 0.5) is 0 Å². The highest BCUT2D eigenvalue weighted by atomic mass is 32.2. The van der Waals surface area contributed by atoms with Crippen molar-refractivity contribution in [1.29, 1.82) is 0 Å². The number of hydrogen-bond donors (Lipinski definition) is 0. The number of hydrogen-bond acceptors (Lipinski definition) is 9. The molecule has 2 fully saturated rings. The largest absolute Gasteiger partial charge is 0.497 e. The molecule has 0 aromatic heterocycles. The van der Waals surface area contributed by atoms with E-state index in [9.17, 15) is 9.59 Å². The van der Waals surface area contributed by atoms with E-state index in [0.717, 1.165) is 62.3 Å². The zero-order valence-electron chi connectivity index (χ0n) is 25.2. The Morgan fingerprint density at radius 3 is 2.54 bits per heavy atom. The number of carbonyl (C=O) groups is 2. The molecule has 0 bridgehead atoms. The second-order valence-electron chi connectivity index (χ2n) is 13.8. The number of benzene rings is 1. The van der Waals surface area contributed by atoms with E-state index in [0.29, 0.717) is 12.2 Å². The van der Waals surface area contributed by atoms with Crippen LogP contribution in [-0.2, 0) is 30.2 Å². The van der Waals surface area contributed by atoms with Crippen molar-refractivity contribution in [2.75, 3.05) is 27.0 Å². The van der Waals surface area contributed by atoms with E-state index in [1.807, 2.05) is 34.6 Å². The highest BCUT2D eigenvalue weighted by Crippen LogP contribution is 2.56. The summed E-state index contributed by atoms with van der Waals surface area (Å²) in [7, 11) is 1.65. The van der Waals surface area contributed by atoms with Gasteiger partial charge in [0.05, 0.1) is 30.6 Å². The molecule has 4 aliphatic heterocycles. The van der Waals surface area contributed by atoms with Gasteiger partial charge in [0.25, 0.3) is 0 Å². The van der Waals surface area contributed by atoms with Crippen LogP contribution in [0.15, 0.2) is 24.0 Å². The lowest BCUT2D eigenvalue weighted by molar-refractivity contribution is -0.213. The maximum atomic E-state index is 14.4. The lowest BCUT2D eigenvalue weighted by Crippen LogP contribution is -2.54. The Hall–Kier alpha value is -2.23. The summed E-state index contributed by atoms with van der Waals surface area (Å²) < 4.78 is 30.3. The molecule has 2 unspecified atom stereocenters. The zero-order valence-corrected chi connectivity index (χ0v) is 26.0. The first-order chi connectivity index (χ1) is 19.3. The van der Waals surface area contributed by atoms with Crippen molar-refractivity contribution in [1.82, 2.24) is 4.90 Å². The predicted molar refractivity (Wildman–Crippen MR) is 156 cm³/mol. The second kappa shape index (κ2) is 10.2. The fourth-order valence-electron chi connectivity index (χ4n) is 7.70. The third kappa shape index (κ3) is 5.16. The third-order valence-corrected chi connectivity index (χ3v) is 10.2. The smallest absolute Gasteiger partial charge is 0.339 e. The average Bonchev–Trinajstić information content (AvgIpc) is 3.55. The molecule has 4 atom stereocenters. The van der Waals surface area contributed by atoms with Gasteiger partial charge < -0.3 is 23.7 Å². The van der Waals surface area contributed by atoms with Gasteiger partial charge in [-0.25, -0.2) is 4.79 Å². The van der Waals surface area contributed by atoms with E-state index in [1.54, 1.807) is 7.11 Å². The molecule has 1 aliphatic carbocycles. The summed E-state index contributed by atoms with van der Waals surface area (Å²) in [5.74, 6) is 1.48. The number of esters is 1. The summed E-state index contributed by atoms with van der Waals surface area (Å²) in [6.07, 6.45) is 6.45. The van der Waals surface area contributed by atoms with E-state index in [4.69, 9.17) is 23.7 Å². The normalized spacial score (nSPS) is 31.9. The third-order valence-electron chi connectivity index (χ3n) is 9.25. The summed E-state index contributed by atoms with van der Waals surface area (Å²) in [6.45, 7) is 12.1. The minimum Gasteiger partial charge on any atom is -0.497 e. The first-order valence-electron chi connectivity index (χ1n) is 14.9. The van der Waals surface area contributed by atoms with Gasteiger partial charge in [-0.1, -0.05) is 32.5 Å². The molecule has 41 heavy (non-hydrogen) atoms. The molecule has 224 valence electrons. The first-order valence-corrected chi connectivity index (χ1v) is 15.7. The van der Waals surface area contributed by atoms with Crippen LogP contribution >= 0.6 is 11.8 Å². The molecule has 0 saturated carbocycles. The molecule has 0 N–H and O–H groups in total. The molecule has 1 aromatic rings. The second-order valence-corrected chi connectivity index (χ2v) is 15.6. The summed E-state index contributed by atoms with van der Waals surface area (Å²) in [5.41, 5.74) is 0.0752. The van der Waals surface area contributed by atoms with Crippen molar-refractivity contribution < 1.29 is 33.3 Å². The van der Waals surface area contributed by atoms with Gasteiger partial charge in [0.2, 0.25) is 6.79 Å². The Balaban J connectivity index is 1.38. The van der Waals surface area contributed by atoms with Gasteiger partial charge in [-0.3, -0.25) is 9.69 Å². The number of rotatable bonds is 5. The molecule has 4 heterocycles. The molecule has 9 heteroatoms. The van der Waals surface area contributed by atoms with E-state index >= 15 is 0 Å². The van der Waals surface area contributed by atoms with Crippen LogP contribution in [0.2, 0.25) is 0 Å². The van der Waals surface area contributed by atoms with Crippen molar-refractivity contribution in [3.63, 3.8) is 0 Å². The van der Waals surface area contributed by atoms with Crippen LogP contribution < -0.4 is 9.47 Å². The number of nitrogens with zero attached hydrogens (tertiary/aromatic N) is 1. The van der Waals surface area contributed by atoms with Crippen molar-refractivity contribution in [3.05, 3.63) is 35.1 Å². The van der Waals surface area contributed by atoms with Gasteiger partial charge in [0.15, 0.2) is 28.3 Å². The highest BCUT2D eigenvalue weighted by molar-refractivity contribution is 8.14. The van der Waals surface area contributed by atoms with Crippen molar-refractivity contribution >= 4 is 22.8 Å². The van der Waals surface area contributed by atoms with Gasteiger partial charge in [-0.05, 0) is 88.3 Å². The van der Waals surface area contributed by atoms with Crippen LogP contribution in [0.25, 0.3) is 0 Å². The molecule has 0 radical (unpaired) electrons. The zero-order chi connectivity index (χ0) is 29.2. The lowest BCUT2D eigenvalue weighted by Gasteiger charge is -2.44. The topological polar surface area (TPSA) is 83.5 Å². The quantitative estimate of drug-likeness (QED) is 0.415. The molecule has 1 aromatic carbocycles. The van der Waals surface area contributed by atoms with E-state index in [2.05, 4.69) is 23.1 Å². The van der Waals surface area contributed by atoms with E-state index < -0.39 is 23.3 Å². The van der Waals surface area contributed by atoms with Crippen LogP contribution in [0.1, 0.15) is 90.2 Å². The minimum absolute atomic E-state index is 0.0207. The van der Waals surface area contributed by atoms with E-state index in [1.165, 1.54) is 17.3 Å². The SMILES string of the molecule is COC1=CC23CCCN2CCc2cc4c(cc2[C@@H]3C1OC(=O)[C@]1(CC(=O)SC(C)(C)C)CCCC(C)(C)O1)OCO4.